The summed E-state index contributed by atoms with van der Waals surface area (Å²) in [5, 5.41) is 23.4. The first-order chi connectivity index (χ1) is 33.7. The average Bonchev–Trinajstić information content (AvgIpc) is 3.78. The van der Waals surface area contributed by atoms with E-state index in [2.05, 4.69) is 43.9 Å². The molecule has 1 N–H and O–H groups in total. The van der Waals surface area contributed by atoms with Gasteiger partial charge in [-0.1, -0.05) is 0 Å². The highest BCUT2D eigenvalue weighted by atomic mass is 16.6. The number of nitrogens with one attached hydrogen (secondary N) is 1. The van der Waals surface area contributed by atoms with Crippen molar-refractivity contribution in [1.29, 1.82) is 0 Å². The van der Waals surface area contributed by atoms with E-state index in [0.29, 0.717) is 76.6 Å². The Kier molecular flexibility index (Phi) is 18.4. The maximum Gasteiger partial charge on any atom is 0.410 e. The fourth-order valence-corrected chi connectivity index (χ4v) is 7.97. The van der Waals surface area contributed by atoms with E-state index in [1.54, 1.807) is 46.0 Å². The van der Waals surface area contributed by atoms with Gasteiger partial charge < -0.3 is 53.5 Å². The number of hydrogen-bond acceptors (Lipinski definition) is 14. The fourth-order valence-electron chi connectivity index (χ4n) is 7.97. The van der Waals surface area contributed by atoms with Crippen LogP contribution in [-0.2, 0) is 14.2 Å². The second kappa shape index (κ2) is 23.8. The Morgan fingerprint density at radius 3 is 1.32 bits per heavy atom. The summed E-state index contributed by atoms with van der Waals surface area (Å²) in [5.74, 6) is 0. The molecule has 3 fully saturated rings. The van der Waals surface area contributed by atoms with Gasteiger partial charge >= 0.3 is 18.3 Å². The summed E-state index contributed by atoms with van der Waals surface area (Å²) in [4.78, 5) is 74.5. The molecule has 0 saturated carbocycles. The monoisotopic (exact) mass is 1000 g/mol. The van der Waals surface area contributed by atoms with Crippen molar-refractivity contribution in [3.05, 3.63) is 104 Å². The smallest absolute Gasteiger partial charge is 0.410 e. The van der Waals surface area contributed by atoms with E-state index in [0.717, 1.165) is 30.0 Å². The number of fused-ring (bicyclic) bond motifs is 1. The van der Waals surface area contributed by atoms with Crippen LogP contribution < -0.4 is 14.7 Å². The molecule has 3 amide bonds. The number of H-pyrrole nitrogens is 1. The van der Waals surface area contributed by atoms with Crippen LogP contribution >= 0.6 is 0 Å². The molecule has 1 aromatic heterocycles. The minimum Gasteiger partial charge on any atom is -0.444 e. The molecular formula is C52H76N10O10. The number of ether oxygens (including phenoxy) is 3. The van der Waals surface area contributed by atoms with E-state index in [1.165, 1.54) is 23.2 Å². The molecule has 4 aromatic rings. The predicted octanol–water partition coefficient (Wildman–Crippen LogP) is 9.62. The highest BCUT2D eigenvalue weighted by molar-refractivity contribution is 5.83. The number of nitrogens with zero attached hydrogens (tertiary/aromatic N) is 9. The molecule has 3 saturated heterocycles. The number of carbonyl (C=O) groups excluding carboxylic acids is 3. The fraction of sp³-hybridized carbons (Fsp3) is 0.519. The van der Waals surface area contributed by atoms with Crippen LogP contribution in [-0.4, -0.2) is 162 Å². The Morgan fingerprint density at radius 2 is 0.944 bits per heavy atom. The topological polar surface area (TPSA) is 204 Å². The number of aryl methyl sites for hydroxylation is 1. The van der Waals surface area contributed by atoms with E-state index >= 15 is 0 Å². The van der Waals surface area contributed by atoms with Crippen LogP contribution in [0.2, 0.25) is 0 Å². The molecule has 0 bridgehead atoms. The lowest BCUT2D eigenvalue weighted by atomic mass is 10.1. The van der Waals surface area contributed by atoms with Crippen LogP contribution in [0, 0.1) is 27.2 Å². The zero-order valence-corrected chi connectivity index (χ0v) is 44.1. The van der Waals surface area contributed by atoms with Crippen LogP contribution in [0.25, 0.3) is 17.0 Å². The molecule has 0 aliphatic carbocycles. The summed E-state index contributed by atoms with van der Waals surface area (Å²) in [5.41, 5.74) is 4.15. The number of benzene rings is 3. The van der Waals surface area contributed by atoms with Crippen LogP contribution in [0.1, 0.15) is 74.9 Å². The number of rotatable bonds is 7. The summed E-state index contributed by atoms with van der Waals surface area (Å²) >= 11 is 0. The number of aromatic amines is 1. The van der Waals surface area contributed by atoms with Crippen molar-refractivity contribution in [3.63, 3.8) is 0 Å². The van der Waals surface area contributed by atoms with Gasteiger partial charge in [-0.25, -0.2) is 14.4 Å². The highest BCUT2D eigenvalue weighted by Gasteiger charge is 2.29. The lowest BCUT2D eigenvalue weighted by molar-refractivity contribution is -0.385. The zero-order chi connectivity index (χ0) is 53.1. The third kappa shape index (κ3) is 16.7. The molecule has 7 rings (SSSR count). The normalized spacial score (nSPS) is 15.6. The maximum absolute atomic E-state index is 12.2. The number of hydrogen-bond donors (Lipinski definition) is 1. The van der Waals surface area contributed by atoms with Crippen molar-refractivity contribution >= 4 is 63.7 Å². The van der Waals surface area contributed by atoms with Crippen molar-refractivity contribution in [2.24, 2.45) is 0 Å². The predicted molar refractivity (Wildman–Crippen MR) is 284 cm³/mol. The number of nitro groups is 2. The Morgan fingerprint density at radius 1 is 0.569 bits per heavy atom. The van der Waals surface area contributed by atoms with Gasteiger partial charge in [-0.3, -0.25) is 20.2 Å². The summed E-state index contributed by atoms with van der Waals surface area (Å²) in [6.45, 7) is 26.5. The third-order valence-electron chi connectivity index (χ3n) is 11.6. The van der Waals surface area contributed by atoms with Gasteiger partial charge in [0.1, 0.15) is 16.8 Å². The lowest BCUT2D eigenvalue weighted by Crippen LogP contribution is -2.50. The largest absolute Gasteiger partial charge is 0.444 e. The van der Waals surface area contributed by atoms with E-state index in [1.807, 2.05) is 99.6 Å². The van der Waals surface area contributed by atoms with Crippen molar-refractivity contribution in [1.82, 2.24) is 24.6 Å². The molecule has 4 heterocycles. The molecule has 72 heavy (non-hydrogen) atoms. The summed E-state index contributed by atoms with van der Waals surface area (Å²) < 4.78 is 16.2. The van der Waals surface area contributed by atoms with E-state index in [4.69, 9.17) is 14.2 Å². The number of nitro benzene ring substituents is 2. The van der Waals surface area contributed by atoms with Crippen LogP contribution in [0.15, 0.2) is 73.1 Å². The van der Waals surface area contributed by atoms with Crippen LogP contribution in [0.4, 0.5) is 42.8 Å². The molecule has 0 radical (unpaired) electrons. The van der Waals surface area contributed by atoms with Gasteiger partial charge in [0.25, 0.3) is 11.4 Å². The average molecular weight is 1000 g/mol. The van der Waals surface area contributed by atoms with E-state index in [-0.39, 0.29) is 40.9 Å². The first kappa shape index (κ1) is 55.7. The maximum atomic E-state index is 12.2. The molecular weight excluding hydrogens is 925 g/mol. The molecule has 3 aromatic carbocycles. The summed E-state index contributed by atoms with van der Waals surface area (Å²) in [6.07, 6.45) is 4.66. The quantitative estimate of drug-likeness (QED) is 0.104. The molecule has 20 nitrogen and oxygen atoms in total. The Balaban J connectivity index is 0.000000237. The Bertz CT molecular complexity index is 2540. The second-order valence-corrected chi connectivity index (χ2v) is 21.1. The number of anilines is 3. The van der Waals surface area contributed by atoms with Crippen LogP contribution in [0.5, 0.6) is 0 Å². The molecule has 20 heteroatoms. The molecule has 0 atom stereocenters. The van der Waals surface area contributed by atoms with Crippen molar-refractivity contribution in [2.75, 3.05) is 107 Å². The third-order valence-corrected chi connectivity index (χ3v) is 11.6. The number of aromatic nitrogens is 1. The SMILES string of the molecule is CC(C)(C)OC(=O)N1CCN(c2ccc3[nH]ccc3c2)CC1.CN(C)/C=C/c1cc(N2CCN(C(=O)OC(C)(C)C)CC2)ccc1[N+](=O)[O-].Cc1cc(N2CCN(C(=O)OC(C)(C)C)CC2)ccc1[N+](=O)[O-].[HH]. The second-order valence-electron chi connectivity index (χ2n) is 21.1. The number of amides is 3. The summed E-state index contributed by atoms with van der Waals surface area (Å²) in [6, 6.07) is 18.7. The van der Waals surface area contributed by atoms with Gasteiger partial charge in [0.15, 0.2) is 0 Å². The Hall–Kier alpha value is -7.25. The molecule has 3 aliphatic rings. The zero-order valence-electron chi connectivity index (χ0n) is 44.1. The van der Waals surface area contributed by atoms with Gasteiger partial charge in [0.05, 0.1) is 15.4 Å². The van der Waals surface area contributed by atoms with Crippen LogP contribution in [0.3, 0.4) is 0 Å². The van der Waals surface area contributed by atoms with Gasteiger partial charge in [0, 0.05) is 146 Å². The van der Waals surface area contributed by atoms with Gasteiger partial charge in [0.2, 0.25) is 0 Å². The van der Waals surface area contributed by atoms with E-state index < -0.39 is 16.8 Å². The highest BCUT2D eigenvalue weighted by Crippen LogP contribution is 2.29. The minimum absolute atomic E-state index is 0. The molecule has 394 valence electrons. The first-order valence-electron chi connectivity index (χ1n) is 24.3. The van der Waals surface area contributed by atoms with Gasteiger partial charge in [-0.05, 0) is 130 Å². The van der Waals surface area contributed by atoms with Crippen molar-refractivity contribution in [2.45, 2.75) is 86.0 Å². The molecule has 3 aliphatic heterocycles. The summed E-state index contributed by atoms with van der Waals surface area (Å²) in [7, 11) is 3.73. The number of piperazine rings is 3. The van der Waals surface area contributed by atoms with Crippen molar-refractivity contribution < 1.29 is 39.9 Å². The molecule has 0 unspecified atom stereocenters. The van der Waals surface area contributed by atoms with Crippen molar-refractivity contribution in [3.8, 4) is 0 Å². The van der Waals surface area contributed by atoms with Gasteiger partial charge in [-0.15, -0.1) is 0 Å². The lowest BCUT2D eigenvalue weighted by Gasteiger charge is -2.36. The standard InChI is InChI=1S/C19H28N4O4.C17H23N3O2.C16H23N3O4.H2/c1-19(2,3)27-18(24)22-12-10-21(11-13-22)16-6-7-17(23(25)26)15(14-16)8-9-20(4)5;1-17(2,3)22-16(21)20-10-8-19(9-11-20)14-4-5-15-13(12-14)6-7-18-15;1-12-11-13(5-6-14(12)19(21)22)17-7-9-18(10-8-17)15(20)23-16(2,3)4;/h6-9,14H,10-13H2,1-5H3;4-7,12,18H,8-11H2,1-3H3;5-6,11H,7-10H2,1-4H3;1H/b9-8+;;;. The first-order valence-corrected chi connectivity index (χ1v) is 24.3. The number of carbonyl (C=O) groups is 3. The van der Waals surface area contributed by atoms with Gasteiger partial charge in [-0.2, -0.15) is 0 Å². The van der Waals surface area contributed by atoms with E-state index in [9.17, 15) is 34.6 Å². The minimum atomic E-state index is -0.514. The molecule has 0 spiro atoms. The Labute approximate surface area is 424 Å².